The second-order valence-electron chi connectivity index (χ2n) is 10.5. The molecule has 2 bridgehead atoms. The van der Waals surface area contributed by atoms with Crippen LogP contribution in [0.15, 0.2) is 59.5 Å². The van der Waals surface area contributed by atoms with Crippen molar-refractivity contribution in [2.45, 2.75) is 85.8 Å². The molecule has 5 nitrogen and oxygen atoms in total. The van der Waals surface area contributed by atoms with E-state index in [1.807, 2.05) is 18.2 Å². The van der Waals surface area contributed by atoms with Crippen LogP contribution in [-0.2, 0) is 23.7 Å². The molecule has 4 rings (SSSR count). The molecule has 170 valence electrons. The molecule has 31 heavy (non-hydrogen) atoms. The van der Waals surface area contributed by atoms with E-state index in [9.17, 15) is 8.42 Å². The summed E-state index contributed by atoms with van der Waals surface area (Å²) in [6.07, 6.45) is 9.74. The Morgan fingerprint density at radius 2 is 1.74 bits per heavy atom. The lowest BCUT2D eigenvalue weighted by Gasteiger charge is -2.38. The number of fused-ring (bicyclic) bond motifs is 2. The molecule has 2 aliphatic heterocycles. The number of ether oxygens (including phenoxy) is 2. The van der Waals surface area contributed by atoms with E-state index in [0.29, 0.717) is 17.9 Å². The van der Waals surface area contributed by atoms with Gasteiger partial charge in [-0.1, -0.05) is 51.1 Å². The molecule has 0 amide bonds. The van der Waals surface area contributed by atoms with Gasteiger partial charge in [0.15, 0.2) is 18.2 Å². The molecule has 1 saturated heterocycles. The van der Waals surface area contributed by atoms with Crippen molar-refractivity contribution < 1.29 is 22.3 Å². The van der Waals surface area contributed by atoms with Crippen LogP contribution in [0.1, 0.15) is 40.0 Å². The lowest BCUT2D eigenvalue weighted by atomic mass is 9.94. The van der Waals surface area contributed by atoms with Gasteiger partial charge in [0.2, 0.25) is 5.79 Å². The normalized spacial score (nSPS) is 31.1. The Balaban J connectivity index is 1.64. The third kappa shape index (κ3) is 4.11. The molecule has 2 unspecified atom stereocenters. The minimum absolute atomic E-state index is 0.0587. The third-order valence-corrected chi connectivity index (χ3v) is 13.9. The molecule has 7 heteroatoms. The first-order chi connectivity index (χ1) is 14.4. The molecule has 1 fully saturated rings. The van der Waals surface area contributed by atoms with Crippen molar-refractivity contribution in [1.29, 1.82) is 0 Å². The first-order valence-corrected chi connectivity index (χ1v) is 15.5. The van der Waals surface area contributed by atoms with Crippen LogP contribution in [0.3, 0.4) is 0 Å². The number of sulfone groups is 1. The van der Waals surface area contributed by atoms with E-state index in [1.54, 1.807) is 24.3 Å². The molecule has 0 spiro atoms. The van der Waals surface area contributed by atoms with Gasteiger partial charge in [-0.25, -0.2) is 8.42 Å². The maximum absolute atomic E-state index is 13.7. The van der Waals surface area contributed by atoms with Crippen molar-refractivity contribution >= 4 is 18.2 Å². The highest BCUT2D eigenvalue weighted by Gasteiger charge is 2.64. The quantitative estimate of drug-likeness (QED) is 0.421. The van der Waals surface area contributed by atoms with Gasteiger partial charge in [-0.3, -0.25) is 0 Å². The molecule has 2 heterocycles. The number of benzene rings is 1. The van der Waals surface area contributed by atoms with Gasteiger partial charge in [-0.15, -0.1) is 0 Å². The Morgan fingerprint density at radius 3 is 2.35 bits per heavy atom. The summed E-state index contributed by atoms with van der Waals surface area (Å²) in [6, 6.07) is 8.62. The zero-order valence-corrected chi connectivity index (χ0v) is 20.9. The van der Waals surface area contributed by atoms with Gasteiger partial charge in [0.05, 0.1) is 17.6 Å². The highest BCUT2D eigenvalue weighted by molar-refractivity contribution is 7.92. The second kappa shape index (κ2) is 7.66. The van der Waals surface area contributed by atoms with E-state index < -0.39 is 34.8 Å². The van der Waals surface area contributed by atoms with Gasteiger partial charge >= 0.3 is 0 Å². The maximum Gasteiger partial charge on any atom is 0.206 e. The Labute approximate surface area is 187 Å². The predicted molar refractivity (Wildman–Crippen MR) is 124 cm³/mol. The van der Waals surface area contributed by atoms with Crippen LogP contribution in [0.4, 0.5) is 0 Å². The molecule has 0 radical (unpaired) electrons. The van der Waals surface area contributed by atoms with Gasteiger partial charge < -0.3 is 13.9 Å². The topological polar surface area (TPSA) is 61.8 Å². The summed E-state index contributed by atoms with van der Waals surface area (Å²) < 4.78 is 46.7. The van der Waals surface area contributed by atoms with Crippen molar-refractivity contribution in [3.8, 4) is 0 Å². The average molecular weight is 463 g/mol. The predicted octanol–water partition coefficient (Wildman–Crippen LogP) is 5.01. The molecule has 0 saturated carbocycles. The van der Waals surface area contributed by atoms with Crippen LogP contribution < -0.4 is 0 Å². The molecule has 1 aromatic carbocycles. The van der Waals surface area contributed by atoms with Gasteiger partial charge in [0, 0.05) is 6.42 Å². The Bertz CT molecular complexity index is 971. The Hall–Kier alpha value is -1.25. The second-order valence-corrected chi connectivity index (χ2v) is 17.4. The first kappa shape index (κ1) is 22.9. The maximum atomic E-state index is 13.7. The van der Waals surface area contributed by atoms with E-state index >= 15 is 0 Å². The Kier molecular flexibility index (Phi) is 5.67. The fourth-order valence-electron chi connectivity index (χ4n) is 4.24. The first-order valence-electron chi connectivity index (χ1n) is 11.1. The van der Waals surface area contributed by atoms with Gasteiger partial charge in [0.25, 0.3) is 0 Å². The SMILES string of the molecule is CC(C)(C)[Si](C)(C)OCC12C=C[C@](OC3CC=CC3)(O1)C(S(=O)(=O)c1ccccc1)C2. The summed E-state index contributed by atoms with van der Waals surface area (Å²) in [7, 11) is -5.68. The van der Waals surface area contributed by atoms with Crippen molar-refractivity contribution in [2.75, 3.05) is 6.61 Å². The number of rotatable bonds is 7. The largest absolute Gasteiger partial charge is 0.414 e. The molecular formula is C24H34O5SSi. The summed E-state index contributed by atoms with van der Waals surface area (Å²) >= 11 is 0. The molecular weight excluding hydrogens is 428 g/mol. The van der Waals surface area contributed by atoms with Crippen LogP contribution in [0, 0.1) is 0 Å². The van der Waals surface area contributed by atoms with Crippen LogP contribution in [0.5, 0.6) is 0 Å². The lowest BCUT2D eigenvalue weighted by molar-refractivity contribution is -0.221. The average Bonchev–Trinajstić information content (AvgIpc) is 3.41. The van der Waals surface area contributed by atoms with Gasteiger partial charge in [-0.05, 0) is 55.3 Å². The number of hydrogen-bond donors (Lipinski definition) is 0. The van der Waals surface area contributed by atoms with Gasteiger partial charge in [-0.2, -0.15) is 0 Å². The van der Waals surface area contributed by atoms with Gasteiger partial charge in [0.1, 0.15) is 10.9 Å². The van der Waals surface area contributed by atoms with Crippen LogP contribution in [0.25, 0.3) is 0 Å². The lowest BCUT2D eigenvalue weighted by Crippen LogP contribution is -2.46. The van der Waals surface area contributed by atoms with E-state index in [1.165, 1.54) is 0 Å². The van der Waals surface area contributed by atoms with E-state index in [-0.39, 0.29) is 11.1 Å². The van der Waals surface area contributed by atoms with E-state index in [4.69, 9.17) is 13.9 Å². The van der Waals surface area contributed by atoms with Crippen molar-refractivity contribution in [1.82, 2.24) is 0 Å². The van der Waals surface area contributed by atoms with E-state index in [0.717, 1.165) is 12.8 Å². The molecule has 0 aromatic heterocycles. The van der Waals surface area contributed by atoms with Crippen molar-refractivity contribution in [3.63, 3.8) is 0 Å². The van der Waals surface area contributed by atoms with Crippen molar-refractivity contribution in [3.05, 3.63) is 54.6 Å². The highest BCUT2D eigenvalue weighted by Crippen LogP contribution is 2.52. The highest BCUT2D eigenvalue weighted by atomic mass is 32.2. The summed E-state index contributed by atoms with van der Waals surface area (Å²) in [5.74, 6) is -1.28. The monoisotopic (exact) mass is 462 g/mol. The summed E-state index contributed by atoms with van der Waals surface area (Å²) in [5, 5.41) is -0.751. The van der Waals surface area contributed by atoms with Crippen LogP contribution in [0.2, 0.25) is 18.1 Å². The summed E-state index contributed by atoms with van der Waals surface area (Å²) in [5.41, 5.74) is -0.784. The minimum atomic E-state index is -3.66. The third-order valence-electron chi connectivity index (χ3n) is 7.21. The molecule has 3 atom stereocenters. The zero-order valence-electron chi connectivity index (χ0n) is 19.1. The van der Waals surface area contributed by atoms with Crippen LogP contribution >= 0.6 is 0 Å². The van der Waals surface area contributed by atoms with Crippen LogP contribution in [-0.4, -0.2) is 46.1 Å². The Morgan fingerprint density at radius 1 is 1.10 bits per heavy atom. The fraction of sp³-hybridized carbons (Fsp3) is 0.583. The smallest absolute Gasteiger partial charge is 0.206 e. The molecule has 0 N–H and O–H groups in total. The van der Waals surface area contributed by atoms with E-state index in [2.05, 4.69) is 46.0 Å². The molecule has 1 aromatic rings. The molecule has 1 aliphatic carbocycles. The zero-order chi connectivity index (χ0) is 22.5. The standard InChI is InChI=1S/C24H34O5SSi/c1-22(2,3)31(4,5)27-18-23-15-16-24(29-23,28-19-11-9-10-12-19)21(17-23)30(25,26)20-13-7-6-8-14-20/h6-10,13-16,19,21H,11-12,17-18H2,1-5H3/t21?,23?,24-/m0/s1. The minimum Gasteiger partial charge on any atom is -0.414 e. The number of hydrogen-bond acceptors (Lipinski definition) is 5. The fourth-order valence-corrected chi connectivity index (χ4v) is 7.26. The summed E-state index contributed by atoms with van der Waals surface area (Å²) in [4.78, 5) is 0.303. The van der Waals surface area contributed by atoms with Crippen molar-refractivity contribution in [2.24, 2.45) is 0 Å². The molecule has 3 aliphatic rings. The summed E-state index contributed by atoms with van der Waals surface area (Å²) in [6.45, 7) is 11.3.